The van der Waals surface area contributed by atoms with E-state index in [1.807, 2.05) is 20.8 Å². The maximum absolute atomic E-state index is 12.5. The Morgan fingerprint density at radius 3 is 2.59 bits per heavy atom. The van der Waals surface area contributed by atoms with Gasteiger partial charge in [0.25, 0.3) is 0 Å². The Labute approximate surface area is 135 Å². The van der Waals surface area contributed by atoms with Crippen LogP contribution in [0.15, 0.2) is 18.2 Å². The van der Waals surface area contributed by atoms with E-state index >= 15 is 0 Å². The van der Waals surface area contributed by atoms with Gasteiger partial charge >= 0.3 is 5.97 Å². The number of carboxylic acids is 1. The lowest BCUT2D eigenvalue weighted by atomic mass is 10.1. The summed E-state index contributed by atoms with van der Waals surface area (Å²) in [6, 6.07) is 5.07. The summed E-state index contributed by atoms with van der Waals surface area (Å²) < 4.78 is 5.50. The molecule has 0 aliphatic carbocycles. The van der Waals surface area contributed by atoms with Gasteiger partial charge in [-0.1, -0.05) is 30.7 Å². The van der Waals surface area contributed by atoms with Crippen LogP contribution in [0, 0.1) is 0 Å². The van der Waals surface area contributed by atoms with Gasteiger partial charge in [0.15, 0.2) is 0 Å². The highest BCUT2D eigenvalue weighted by atomic mass is 35.5. The molecule has 0 aliphatic rings. The summed E-state index contributed by atoms with van der Waals surface area (Å²) in [6.45, 7) is 5.72. The molecule has 0 bridgehead atoms. The van der Waals surface area contributed by atoms with Crippen LogP contribution in [0.1, 0.15) is 32.8 Å². The Hall–Kier alpha value is -1.75. The highest BCUT2D eigenvalue weighted by Crippen LogP contribution is 2.29. The molecule has 122 valence electrons. The highest BCUT2D eigenvalue weighted by molar-refractivity contribution is 6.32. The third kappa shape index (κ3) is 4.91. The minimum Gasteiger partial charge on any atom is -0.492 e. The van der Waals surface area contributed by atoms with Gasteiger partial charge in [-0.15, -0.1) is 0 Å². The second kappa shape index (κ2) is 8.63. The van der Waals surface area contributed by atoms with E-state index < -0.39 is 5.97 Å². The third-order valence-electron chi connectivity index (χ3n) is 3.43. The van der Waals surface area contributed by atoms with Gasteiger partial charge in [-0.3, -0.25) is 9.59 Å². The maximum Gasteiger partial charge on any atom is 0.323 e. The molecule has 0 aliphatic heterocycles. The van der Waals surface area contributed by atoms with Crippen molar-refractivity contribution in [1.82, 2.24) is 4.90 Å². The Morgan fingerprint density at radius 2 is 2.05 bits per heavy atom. The van der Waals surface area contributed by atoms with Crippen molar-refractivity contribution in [3.05, 3.63) is 28.8 Å². The predicted octanol–water partition coefficient (Wildman–Crippen LogP) is 2.99. The average Bonchev–Trinajstić information content (AvgIpc) is 2.47. The van der Waals surface area contributed by atoms with Crippen LogP contribution in [0.25, 0.3) is 0 Å². The lowest BCUT2D eigenvalue weighted by Crippen LogP contribution is -2.42. The number of carboxylic acid groups (broad SMARTS) is 1. The van der Waals surface area contributed by atoms with Crippen LogP contribution < -0.4 is 4.74 Å². The Morgan fingerprint density at radius 1 is 1.36 bits per heavy atom. The van der Waals surface area contributed by atoms with Crippen molar-refractivity contribution in [3.63, 3.8) is 0 Å². The van der Waals surface area contributed by atoms with Gasteiger partial charge in [-0.05, 0) is 26.3 Å². The molecular formula is C16H22ClNO4. The molecule has 0 saturated heterocycles. The van der Waals surface area contributed by atoms with Crippen molar-refractivity contribution >= 4 is 23.5 Å². The van der Waals surface area contributed by atoms with Gasteiger partial charge in [0, 0.05) is 11.6 Å². The molecule has 22 heavy (non-hydrogen) atoms. The summed E-state index contributed by atoms with van der Waals surface area (Å²) in [5.74, 6) is -0.788. The number of ether oxygens (including phenoxy) is 1. The fourth-order valence-electron chi connectivity index (χ4n) is 2.12. The number of aliphatic carboxylic acids is 1. The first-order valence-corrected chi connectivity index (χ1v) is 7.69. The monoisotopic (exact) mass is 327 g/mol. The largest absolute Gasteiger partial charge is 0.492 e. The zero-order valence-electron chi connectivity index (χ0n) is 13.1. The molecule has 1 unspecified atom stereocenters. The number of hydrogen-bond donors (Lipinski definition) is 1. The van der Waals surface area contributed by atoms with Crippen LogP contribution in [0.5, 0.6) is 5.75 Å². The first-order valence-electron chi connectivity index (χ1n) is 7.32. The van der Waals surface area contributed by atoms with Crippen molar-refractivity contribution in [2.45, 2.75) is 39.7 Å². The zero-order chi connectivity index (χ0) is 16.7. The first-order chi connectivity index (χ1) is 10.4. The standard InChI is InChI=1S/C16H22ClNO4/c1-4-11(3)18(10-15(20)21)14(19)9-12-7-6-8-13(17)16(12)22-5-2/h6-8,11H,4-5,9-10H2,1-3H3,(H,20,21). The molecule has 5 nitrogen and oxygen atoms in total. The van der Waals surface area contributed by atoms with Crippen LogP contribution in [0.3, 0.4) is 0 Å². The summed E-state index contributed by atoms with van der Waals surface area (Å²) in [5, 5.41) is 9.43. The highest BCUT2D eigenvalue weighted by Gasteiger charge is 2.23. The molecular weight excluding hydrogens is 306 g/mol. The van der Waals surface area contributed by atoms with Gasteiger partial charge in [0.05, 0.1) is 18.1 Å². The number of halogens is 1. The molecule has 0 aromatic heterocycles. The fourth-order valence-corrected chi connectivity index (χ4v) is 2.37. The number of amides is 1. The molecule has 0 fully saturated rings. The Balaban J connectivity index is 2.98. The smallest absolute Gasteiger partial charge is 0.323 e. The van der Waals surface area contributed by atoms with Gasteiger partial charge < -0.3 is 14.7 Å². The summed E-state index contributed by atoms with van der Waals surface area (Å²) in [4.78, 5) is 24.8. The predicted molar refractivity (Wildman–Crippen MR) is 85.4 cm³/mol. The lowest BCUT2D eigenvalue weighted by molar-refractivity contribution is -0.145. The van der Waals surface area contributed by atoms with Gasteiger partial charge in [0.2, 0.25) is 5.91 Å². The molecule has 0 heterocycles. The van der Waals surface area contributed by atoms with E-state index in [2.05, 4.69) is 0 Å². The number of benzene rings is 1. The number of para-hydroxylation sites is 1. The molecule has 0 saturated carbocycles. The van der Waals surface area contributed by atoms with Gasteiger partial charge in [-0.25, -0.2) is 0 Å². The molecule has 1 N–H and O–H groups in total. The van der Waals surface area contributed by atoms with E-state index in [-0.39, 0.29) is 24.9 Å². The topological polar surface area (TPSA) is 66.8 Å². The number of rotatable bonds is 8. The number of nitrogens with zero attached hydrogens (tertiary/aromatic N) is 1. The summed E-state index contributed by atoms with van der Waals surface area (Å²) in [6.07, 6.45) is 0.750. The van der Waals surface area contributed by atoms with Gasteiger partial charge in [0.1, 0.15) is 12.3 Å². The summed E-state index contributed by atoms with van der Waals surface area (Å²) in [5.41, 5.74) is 0.665. The van der Waals surface area contributed by atoms with E-state index in [1.165, 1.54) is 4.90 Å². The lowest BCUT2D eigenvalue weighted by Gasteiger charge is -2.27. The van der Waals surface area contributed by atoms with Crippen LogP contribution in [-0.2, 0) is 16.0 Å². The second-order valence-electron chi connectivity index (χ2n) is 5.01. The van der Waals surface area contributed by atoms with Crippen molar-refractivity contribution in [2.24, 2.45) is 0 Å². The normalized spacial score (nSPS) is 11.8. The average molecular weight is 328 g/mol. The van der Waals surface area contributed by atoms with Crippen LogP contribution in [0.4, 0.5) is 0 Å². The van der Waals surface area contributed by atoms with E-state index in [9.17, 15) is 9.59 Å². The molecule has 1 aromatic carbocycles. The van der Waals surface area contributed by atoms with E-state index in [4.69, 9.17) is 21.4 Å². The first kappa shape index (κ1) is 18.3. The number of carbonyl (C=O) groups is 2. The Kier molecular flexibility index (Phi) is 7.18. The minimum atomic E-state index is -1.02. The molecule has 1 amide bonds. The molecule has 0 spiro atoms. The van der Waals surface area contributed by atoms with Gasteiger partial charge in [-0.2, -0.15) is 0 Å². The second-order valence-corrected chi connectivity index (χ2v) is 5.42. The molecule has 1 rings (SSSR count). The van der Waals surface area contributed by atoms with Crippen LogP contribution in [0.2, 0.25) is 5.02 Å². The van der Waals surface area contributed by atoms with Crippen molar-refractivity contribution < 1.29 is 19.4 Å². The quantitative estimate of drug-likeness (QED) is 0.797. The van der Waals surface area contributed by atoms with E-state index in [0.29, 0.717) is 29.4 Å². The SMILES string of the molecule is CCOc1c(Cl)cccc1CC(=O)N(CC(=O)O)C(C)CC. The molecule has 0 radical (unpaired) electrons. The zero-order valence-corrected chi connectivity index (χ0v) is 13.9. The van der Waals surface area contributed by atoms with E-state index in [0.717, 1.165) is 0 Å². The Bertz CT molecular complexity index is 533. The molecule has 1 atom stereocenters. The molecule has 1 aromatic rings. The minimum absolute atomic E-state index is 0.0630. The third-order valence-corrected chi connectivity index (χ3v) is 3.73. The number of carbonyl (C=O) groups excluding carboxylic acids is 1. The van der Waals surface area contributed by atoms with Crippen molar-refractivity contribution in [1.29, 1.82) is 0 Å². The maximum atomic E-state index is 12.5. The molecule has 6 heteroatoms. The summed E-state index contributed by atoms with van der Waals surface area (Å²) in [7, 11) is 0. The van der Waals surface area contributed by atoms with E-state index in [1.54, 1.807) is 18.2 Å². The van der Waals surface area contributed by atoms with Crippen LogP contribution >= 0.6 is 11.6 Å². The number of hydrogen-bond acceptors (Lipinski definition) is 3. The summed E-state index contributed by atoms with van der Waals surface area (Å²) >= 11 is 6.10. The van der Waals surface area contributed by atoms with Crippen molar-refractivity contribution in [3.8, 4) is 5.75 Å². The fraction of sp³-hybridized carbons (Fsp3) is 0.500. The van der Waals surface area contributed by atoms with Crippen molar-refractivity contribution in [2.75, 3.05) is 13.2 Å². The van der Waals surface area contributed by atoms with Crippen LogP contribution in [-0.4, -0.2) is 41.1 Å².